The molecule has 0 saturated carbocycles. The number of carbonyl (C=O) groups is 2. The standard InChI is InChI=1S/C18H25F3N2O3/c1-12(2)9-15(17(25)26-3)23-16(24)14(22-11-18(19,20)21)10-13-7-5-4-6-8-13/h4-8,12,14-15,22H,9-11H2,1-3H3,(H,23,24)/t14-,15-/m0/s1. The SMILES string of the molecule is COC(=O)[C@H](CC(C)C)NC(=O)[C@H](Cc1ccccc1)NCC(F)(F)F. The van der Waals surface area contributed by atoms with Crippen molar-refractivity contribution in [2.24, 2.45) is 5.92 Å². The molecule has 1 amide bonds. The van der Waals surface area contributed by atoms with Crippen molar-refractivity contribution in [1.82, 2.24) is 10.6 Å². The molecule has 146 valence electrons. The molecule has 1 rings (SSSR count). The van der Waals surface area contributed by atoms with Gasteiger partial charge in [-0.3, -0.25) is 10.1 Å². The van der Waals surface area contributed by atoms with E-state index in [9.17, 15) is 22.8 Å². The normalized spacial score (nSPS) is 14.0. The summed E-state index contributed by atoms with van der Waals surface area (Å²) in [4.78, 5) is 24.4. The van der Waals surface area contributed by atoms with Crippen LogP contribution in [-0.4, -0.2) is 43.8 Å². The Hall–Kier alpha value is -2.09. The third-order valence-electron chi connectivity index (χ3n) is 3.66. The third-order valence-corrected chi connectivity index (χ3v) is 3.66. The van der Waals surface area contributed by atoms with Gasteiger partial charge in [0.2, 0.25) is 5.91 Å². The van der Waals surface area contributed by atoms with Crippen molar-refractivity contribution in [3.63, 3.8) is 0 Å². The topological polar surface area (TPSA) is 67.4 Å². The lowest BCUT2D eigenvalue weighted by Gasteiger charge is -2.23. The van der Waals surface area contributed by atoms with Crippen molar-refractivity contribution < 1.29 is 27.5 Å². The van der Waals surface area contributed by atoms with E-state index in [-0.39, 0.29) is 12.3 Å². The summed E-state index contributed by atoms with van der Waals surface area (Å²) in [6, 6.07) is 6.67. The van der Waals surface area contributed by atoms with E-state index in [4.69, 9.17) is 0 Å². The molecule has 0 heterocycles. The predicted octanol–water partition coefficient (Wildman–Crippen LogP) is 2.45. The van der Waals surface area contributed by atoms with E-state index in [1.54, 1.807) is 30.3 Å². The van der Waals surface area contributed by atoms with Crippen molar-refractivity contribution in [1.29, 1.82) is 0 Å². The lowest BCUT2D eigenvalue weighted by Crippen LogP contribution is -2.53. The number of esters is 1. The Bertz CT molecular complexity index is 577. The lowest BCUT2D eigenvalue weighted by atomic mass is 10.0. The zero-order valence-corrected chi connectivity index (χ0v) is 15.1. The summed E-state index contributed by atoms with van der Waals surface area (Å²) >= 11 is 0. The summed E-state index contributed by atoms with van der Waals surface area (Å²) in [5.41, 5.74) is 0.709. The molecule has 1 aromatic rings. The number of halogens is 3. The fourth-order valence-corrected chi connectivity index (χ4v) is 2.45. The highest BCUT2D eigenvalue weighted by Gasteiger charge is 2.32. The molecule has 0 aromatic heterocycles. The number of amides is 1. The Kier molecular flexibility index (Phi) is 8.57. The first-order valence-corrected chi connectivity index (χ1v) is 8.34. The molecule has 0 spiro atoms. The maximum absolute atomic E-state index is 12.6. The first kappa shape index (κ1) is 22.0. The van der Waals surface area contributed by atoms with Crippen LogP contribution in [0.4, 0.5) is 13.2 Å². The van der Waals surface area contributed by atoms with Crippen LogP contribution in [-0.2, 0) is 20.7 Å². The first-order chi connectivity index (χ1) is 12.1. The number of methoxy groups -OCH3 is 1. The van der Waals surface area contributed by atoms with E-state index < -0.39 is 36.7 Å². The van der Waals surface area contributed by atoms with Gasteiger partial charge in [-0.25, -0.2) is 4.79 Å². The summed E-state index contributed by atoms with van der Waals surface area (Å²) in [5, 5.41) is 4.75. The van der Waals surface area contributed by atoms with Crippen LogP contribution >= 0.6 is 0 Å². The van der Waals surface area contributed by atoms with Crippen molar-refractivity contribution in [3.8, 4) is 0 Å². The minimum atomic E-state index is -4.45. The zero-order valence-electron chi connectivity index (χ0n) is 15.1. The van der Waals surface area contributed by atoms with Crippen molar-refractivity contribution in [2.75, 3.05) is 13.7 Å². The molecule has 0 aliphatic heterocycles. The van der Waals surface area contributed by atoms with Crippen LogP contribution in [0.25, 0.3) is 0 Å². The van der Waals surface area contributed by atoms with Gasteiger partial charge in [0.1, 0.15) is 6.04 Å². The summed E-state index contributed by atoms with van der Waals surface area (Å²) in [5.74, 6) is -1.20. The second-order valence-corrected chi connectivity index (χ2v) is 6.45. The number of alkyl halides is 3. The van der Waals surface area contributed by atoms with Crippen LogP contribution in [0.3, 0.4) is 0 Å². The van der Waals surface area contributed by atoms with Crippen LogP contribution < -0.4 is 10.6 Å². The van der Waals surface area contributed by atoms with E-state index in [0.717, 1.165) is 0 Å². The van der Waals surface area contributed by atoms with Crippen molar-refractivity contribution in [3.05, 3.63) is 35.9 Å². The van der Waals surface area contributed by atoms with E-state index >= 15 is 0 Å². The molecule has 26 heavy (non-hydrogen) atoms. The van der Waals surface area contributed by atoms with Gasteiger partial charge in [-0.15, -0.1) is 0 Å². The number of hydrogen-bond donors (Lipinski definition) is 2. The minimum absolute atomic E-state index is 0.0678. The minimum Gasteiger partial charge on any atom is -0.467 e. The van der Waals surface area contributed by atoms with Gasteiger partial charge in [-0.2, -0.15) is 13.2 Å². The maximum atomic E-state index is 12.6. The Morgan fingerprint density at radius 1 is 1.12 bits per heavy atom. The molecule has 1 aromatic carbocycles. The number of carbonyl (C=O) groups excluding carboxylic acids is 2. The summed E-state index contributed by atoms with van der Waals surface area (Å²) in [6.45, 7) is 2.43. The summed E-state index contributed by atoms with van der Waals surface area (Å²) in [6.07, 6.45) is -4.05. The number of benzene rings is 1. The van der Waals surface area contributed by atoms with Crippen LogP contribution in [0.2, 0.25) is 0 Å². The first-order valence-electron chi connectivity index (χ1n) is 8.34. The smallest absolute Gasteiger partial charge is 0.401 e. The number of rotatable bonds is 9. The molecule has 0 aliphatic rings. The van der Waals surface area contributed by atoms with Gasteiger partial charge in [-0.1, -0.05) is 44.2 Å². The fraction of sp³-hybridized carbons (Fsp3) is 0.556. The number of hydrogen-bond acceptors (Lipinski definition) is 4. The average Bonchev–Trinajstić information content (AvgIpc) is 2.56. The van der Waals surface area contributed by atoms with Gasteiger partial charge >= 0.3 is 12.1 Å². The van der Waals surface area contributed by atoms with Crippen LogP contribution in [0.1, 0.15) is 25.8 Å². The van der Waals surface area contributed by atoms with Crippen LogP contribution in [0.5, 0.6) is 0 Å². The molecule has 2 atom stereocenters. The number of nitrogens with one attached hydrogen (secondary N) is 2. The molecule has 0 bridgehead atoms. The predicted molar refractivity (Wildman–Crippen MR) is 91.4 cm³/mol. The van der Waals surface area contributed by atoms with Gasteiger partial charge in [0, 0.05) is 0 Å². The Balaban J connectivity index is 2.88. The summed E-state index contributed by atoms with van der Waals surface area (Å²) < 4.78 is 42.4. The average molecular weight is 374 g/mol. The molecule has 0 unspecified atom stereocenters. The molecule has 5 nitrogen and oxygen atoms in total. The highest BCUT2D eigenvalue weighted by molar-refractivity contribution is 5.87. The Morgan fingerprint density at radius 2 is 1.73 bits per heavy atom. The second-order valence-electron chi connectivity index (χ2n) is 6.45. The quantitative estimate of drug-likeness (QED) is 0.652. The summed E-state index contributed by atoms with van der Waals surface area (Å²) in [7, 11) is 1.20. The molecule has 8 heteroatoms. The highest BCUT2D eigenvalue weighted by atomic mass is 19.4. The largest absolute Gasteiger partial charge is 0.467 e. The van der Waals surface area contributed by atoms with Crippen LogP contribution in [0.15, 0.2) is 30.3 Å². The van der Waals surface area contributed by atoms with E-state index in [1.165, 1.54) is 7.11 Å². The number of ether oxygens (including phenoxy) is 1. The molecule has 0 saturated heterocycles. The molecule has 0 aliphatic carbocycles. The van der Waals surface area contributed by atoms with E-state index in [2.05, 4.69) is 15.4 Å². The van der Waals surface area contributed by atoms with Gasteiger partial charge in [0.05, 0.1) is 19.7 Å². The van der Waals surface area contributed by atoms with E-state index in [0.29, 0.717) is 12.0 Å². The third kappa shape index (κ3) is 8.33. The van der Waals surface area contributed by atoms with Crippen molar-refractivity contribution >= 4 is 11.9 Å². The van der Waals surface area contributed by atoms with Gasteiger partial charge in [0.15, 0.2) is 0 Å². The molecular formula is C18H25F3N2O3. The Morgan fingerprint density at radius 3 is 2.23 bits per heavy atom. The maximum Gasteiger partial charge on any atom is 0.401 e. The lowest BCUT2D eigenvalue weighted by molar-refractivity contribution is -0.146. The second kappa shape index (κ2) is 10.2. The Labute approximate surface area is 151 Å². The molecule has 0 fully saturated rings. The zero-order chi connectivity index (χ0) is 19.7. The fourth-order valence-electron chi connectivity index (χ4n) is 2.45. The van der Waals surface area contributed by atoms with Gasteiger partial charge in [0.25, 0.3) is 0 Å². The van der Waals surface area contributed by atoms with E-state index in [1.807, 2.05) is 13.8 Å². The highest BCUT2D eigenvalue weighted by Crippen LogP contribution is 2.14. The van der Waals surface area contributed by atoms with Crippen LogP contribution in [0, 0.1) is 5.92 Å². The van der Waals surface area contributed by atoms with Gasteiger partial charge < -0.3 is 10.1 Å². The van der Waals surface area contributed by atoms with Crippen molar-refractivity contribution in [2.45, 2.75) is 44.9 Å². The monoisotopic (exact) mass is 374 g/mol. The van der Waals surface area contributed by atoms with Gasteiger partial charge in [-0.05, 0) is 24.3 Å². The molecule has 0 radical (unpaired) electrons. The molecule has 2 N–H and O–H groups in total. The molecular weight excluding hydrogens is 349 g/mol.